The van der Waals surface area contributed by atoms with Gasteiger partial charge in [-0.1, -0.05) is 0 Å². The maximum Gasteiger partial charge on any atom is 0.119 e. The van der Waals surface area contributed by atoms with Crippen molar-refractivity contribution in [2.45, 2.75) is 18.4 Å². The predicted octanol–water partition coefficient (Wildman–Crippen LogP) is -0.318. The molecule has 0 aromatic carbocycles. The summed E-state index contributed by atoms with van der Waals surface area (Å²) < 4.78 is 11.2. The lowest BCUT2D eigenvalue weighted by Gasteiger charge is -2.32. The van der Waals surface area contributed by atoms with E-state index in [-0.39, 0.29) is 0 Å². The van der Waals surface area contributed by atoms with E-state index in [1.54, 1.807) is 0 Å². The molecule has 1 saturated carbocycles. The summed E-state index contributed by atoms with van der Waals surface area (Å²) in [4.78, 5) is 2.18. The van der Waals surface area contributed by atoms with E-state index in [1.165, 1.54) is 0 Å². The van der Waals surface area contributed by atoms with E-state index in [9.17, 15) is 4.21 Å². The molecule has 2 rings (SSSR count). The van der Waals surface area contributed by atoms with Crippen LogP contribution in [0.4, 0.5) is 0 Å². The molecule has 0 aromatic heterocycles. The van der Waals surface area contributed by atoms with Crippen LogP contribution in [0.3, 0.4) is 0 Å². The third-order valence-electron chi connectivity index (χ3n) is 3.27. The second kappa shape index (κ2) is 4.20. The van der Waals surface area contributed by atoms with Crippen molar-refractivity contribution >= 4 is 10.8 Å². The monoisotopic (exact) mass is 227 g/mol. The lowest BCUT2D eigenvalue weighted by molar-refractivity contribution is 0.239. The Morgan fingerprint density at radius 3 is 2.53 bits per heavy atom. The molecule has 2 fully saturated rings. The lowest BCUT2D eigenvalue weighted by atomic mass is 9.96. The molecule has 5 heteroatoms. The molecule has 4 nitrogen and oxygen atoms in total. The number of hydrogen-bond donors (Lipinski definition) is 1. The highest BCUT2D eigenvalue weighted by atomic mass is 32.2. The molecule has 2 N–H and O–H groups in total. The van der Waals surface area contributed by atoms with Crippen molar-refractivity contribution in [3.63, 3.8) is 0 Å². The molecule has 0 aromatic rings. The first-order valence-electron chi connectivity index (χ1n) is 5.41. The van der Waals surface area contributed by atoms with E-state index in [1.807, 2.05) is 0 Å². The van der Waals surface area contributed by atoms with Crippen LogP contribution in [0.5, 0.6) is 0 Å². The van der Waals surface area contributed by atoms with Gasteiger partial charge >= 0.3 is 0 Å². The van der Waals surface area contributed by atoms with Crippen molar-refractivity contribution in [1.82, 2.24) is 4.90 Å². The summed E-state index contributed by atoms with van der Waals surface area (Å²) in [6, 6.07) is 2.26. The molecule has 0 radical (unpaired) electrons. The molecule has 0 spiro atoms. The van der Waals surface area contributed by atoms with Crippen LogP contribution in [0.1, 0.15) is 12.8 Å². The van der Waals surface area contributed by atoms with Gasteiger partial charge in [0.25, 0.3) is 0 Å². The first-order chi connectivity index (χ1) is 7.14. The summed E-state index contributed by atoms with van der Waals surface area (Å²) in [5.74, 6) is 1.84. The summed E-state index contributed by atoms with van der Waals surface area (Å²) >= 11 is 0. The Morgan fingerprint density at radius 2 is 2.07 bits per heavy atom. The highest BCUT2D eigenvalue weighted by Gasteiger charge is 2.43. The second-order valence-electron chi connectivity index (χ2n) is 4.55. The van der Waals surface area contributed by atoms with Gasteiger partial charge in [-0.25, -0.2) is 0 Å². The maximum atomic E-state index is 11.2. The largest absolute Gasteiger partial charge is 0.312 e. The molecule has 15 heavy (non-hydrogen) atoms. The molecule has 1 heterocycles. The standard InChI is InChI=1S/C10H17N3OS/c11-7-10(12,9-1-2-9)8-13-3-5-15(14)6-4-13/h9H,1-6,8,12H2. The molecule has 84 valence electrons. The van der Waals surface area contributed by atoms with Crippen molar-refractivity contribution in [1.29, 1.82) is 5.26 Å². The van der Waals surface area contributed by atoms with Gasteiger partial charge in [-0.2, -0.15) is 5.26 Å². The van der Waals surface area contributed by atoms with Crippen molar-refractivity contribution in [3.8, 4) is 6.07 Å². The smallest absolute Gasteiger partial charge is 0.119 e. The molecule has 1 saturated heterocycles. The van der Waals surface area contributed by atoms with Crippen LogP contribution in [-0.2, 0) is 10.8 Å². The zero-order valence-corrected chi connectivity index (χ0v) is 9.63. The quantitative estimate of drug-likeness (QED) is 0.717. The molecule has 1 unspecified atom stereocenters. The van der Waals surface area contributed by atoms with Crippen LogP contribution >= 0.6 is 0 Å². The number of nitrogens with two attached hydrogens (primary N) is 1. The minimum atomic E-state index is -0.668. The molecule has 1 aliphatic heterocycles. The van der Waals surface area contributed by atoms with E-state index in [0.717, 1.165) is 37.4 Å². The fourth-order valence-electron chi connectivity index (χ4n) is 2.06. The average molecular weight is 227 g/mol. The Bertz CT molecular complexity index is 300. The zero-order valence-electron chi connectivity index (χ0n) is 8.82. The molecule has 1 atom stereocenters. The van der Waals surface area contributed by atoms with Crippen LogP contribution < -0.4 is 5.73 Å². The van der Waals surface area contributed by atoms with Crippen LogP contribution in [0, 0.1) is 17.2 Å². The Labute approximate surface area is 92.9 Å². The third kappa shape index (κ3) is 2.57. The number of nitrogens with zero attached hydrogens (tertiary/aromatic N) is 2. The van der Waals surface area contributed by atoms with Gasteiger partial charge in [0.15, 0.2) is 0 Å². The Balaban J connectivity index is 1.90. The van der Waals surface area contributed by atoms with Gasteiger partial charge < -0.3 is 5.73 Å². The summed E-state index contributed by atoms with van der Waals surface area (Å²) in [6.45, 7) is 2.28. The third-order valence-corrected chi connectivity index (χ3v) is 4.55. The van der Waals surface area contributed by atoms with Crippen molar-refractivity contribution < 1.29 is 4.21 Å². The Hall–Kier alpha value is -0.440. The van der Waals surface area contributed by atoms with Crippen LogP contribution in [0.15, 0.2) is 0 Å². The SMILES string of the molecule is N#CC(N)(CN1CCS(=O)CC1)C1CC1. The summed E-state index contributed by atoms with van der Waals surface area (Å²) in [5.41, 5.74) is 5.42. The highest BCUT2D eigenvalue weighted by Crippen LogP contribution is 2.38. The van der Waals surface area contributed by atoms with E-state index < -0.39 is 16.3 Å². The Morgan fingerprint density at radius 1 is 1.47 bits per heavy atom. The van der Waals surface area contributed by atoms with Gasteiger partial charge in [0.1, 0.15) is 5.54 Å². The van der Waals surface area contributed by atoms with E-state index in [2.05, 4.69) is 11.0 Å². The van der Waals surface area contributed by atoms with E-state index in [4.69, 9.17) is 11.0 Å². The van der Waals surface area contributed by atoms with E-state index in [0.29, 0.717) is 12.5 Å². The van der Waals surface area contributed by atoms with Gasteiger partial charge in [-0.3, -0.25) is 9.11 Å². The molecule has 2 aliphatic rings. The van der Waals surface area contributed by atoms with Crippen LogP contribution in [0.25, 0.3) is 0 Å². The minimum absolute atomic E-state index is 0.384. The van der Waals surface area contributed by atoms with Gasteiger partial charge in [-0.15, -0.1) is 0 Å². The molecule has 0 bridgehead atoms. The summed E-state index contributed by atoms with van der Waals surface area (Å²) in [6.07, 6.45) is 2.17. The molecular formula is C10H17N3OS. The highest BCUT2D eigenvalue weighted by molar-refractivity contribution is 7.85. The normalized spacial score (nSPS) is 28.3. The molecule has 0 amide bonds. The average Bonchev–Trinajstić information content (AvgIpc) is 3.05. The maximum absolute atomic E-state index is 11.2. The fraction of sp³-hybridized carbons (Fsp3) is 0.900. The Kier molecular flexibility index (Phi) is 3.10. The van der Waals surface area contributed by atoms with Crippen molar-refractivity contribution in [3.05, 3.63) is 0 Å². The second-order valence-corrected chi connectivity index (χ2v) is 6.25. The van der Waals surface area contributed by atoms with Gasteiger partial charge in [-0.05, 0) is 18.8 Å². The minimum Gasteiger partial charge on any atom is -0.312 e. The zero-order chi connectivity index (χ0) is 10.9. The summed E-state index contributed by atoms with van der Waals surface area (Å²) in [7, 11) is -0.652. The number of nitriles is 1. The van der Waals surface area contributed by atoms with Crippen LogP contribution in [0.2, 0.25) is 0 Å². The van der Waals surface area contributed by atoms with E-state index >= 15 is 0 Å². The van der Waals surface area contributed by atoms with Gasteiger partial charge in [0, 0.05) is 41.9 Å². The fourth-order valence-corrected chi connectivity index (χ4v) is 3.19. The molecular weight excluding hydrogens is 210 g/mol. The topological polar surface area (TPSA) is 70.1 Å². The first-order valence-corrected chi connectivity index (χ1v) is 6.90. The lowest BCUT2D eigenvalue weighted by Crippen LogP contribution is -2.53. The molecule has 1 aliphatic carbocycles. The van der Waals surface area contributed by atoms with Crippen molar-refractivity contribution in [2.24, 2.45) is 11.7 Å². The summed E-state index contributed by atoms with van der Waals surface area (Å²) in [5, 5.41) is 9.12. The number of hydrogen-bond acceptors (Lipinski definition) is 4. The first kappa shape index (κ1) is 11.1. The van der Waals surface area contributed by atoms with Crippen molar-refractivity contribution in [2.75, 3.05) is 31.1 Å². The predicted molar refractivity (Wildman–Crippen MR) is 59.6 cm³/mol. The van der Waals surface area contributed by atoms with Crippen LogP contribution in [-0.4, -0.2) is 45.8 Å². The number of rotatable bonds is 3. The van der Waals surface area contributed by atoms with Gasteiger partial charge in [0.2, 0.25) is 0 Å². The van der Waals surface area contributed by atoms with Gasteiger partial charge in [0.05, 0.1) is 6.07 Å².